The maximum Gasteiger partial charge on any atom is 0.234 e. The highest BCUT2D eigenvalue weighted by atomic mass is 16.2. The normalized spacial score (nSPS) is 32.0. The number of carbonyl (C=O) groups excluding carboxylic acids is 2. The zero-order valence-electron chi connectivity index (χ0n) is 23.3. The lowest BCUT2D eigenvalue weighted by Crippen LogP contribution is -2.51. The molecule has 4 unspecified atom stereocenters. The van der Waals surface area contributed by atoms with Crippen LogP contribution in [0, 0.1) is 29.6 Å². The van der Waals surface area contributed by atoms with Gasteiger partial charge in [0, 0.05) is 12.0 Å². The zero-order chi connectivity index (χ0) is 25.0. The average molecular weight is 501 g/mol. The number of Topliss-reactive ketones (excluding diaryl/α,β-unsaturated/α-hetero) is 1. The number of ketones is 1. The molecule has 0 bridgehead atoms. The predicted octanol–water partition coefficient (Wildman–Crippen LogP) is 7.35. The second-order valence-corrected chi connectivity index (χ2v) is 12.9. The summed E-state index contributed by atoms with van der Waals surface area (Å²) in [6, 6.07) is 0.501. The number of amides is 1. The van der Waals surface area contributed by atoms with Crippen LogP contribution in [0.2, 0.25) is 0 Å². The van der Waals surface area contributed by atoms with Gasteiger partial charge in [-0.05, 0) is 49.4 Å². The van der Waals surface area contributed by atoms with Crippen molar-refractivity contribution in [2.45, 2.75) is 147 Å². The molecule has 0 saturated heterocycles. The van der Waals surface area contributed by atoms with Gasteiger partial charge in [0.1, 0.15) is 0 Å². The molecule has 4 aliphatic rings. The zero-order valence-corrected chi connectivity index (χ0v) is 23.3. The molecule has 4 fully saturated rings. The third-order valence-electron chi connectivity index (χ3n) is 10.6. The maximum atomic E-state index is 13.0. The van der Waals surface area contributed by atoms with Crippen LogP contribution < -0.4 is 10.6 Å². The Morgan fingerprint density at radius 3 is 1.42 bits per heavy atom. The van der Waals surface area contributed by atoms with Crippen molar-refractivity contribution in [2.75, 3.05) is 13.1 Å². The molecule has 1 amide bonds. The van der Waals surface area contributed by atoms with Crippen molar-refractivity contribution in [3.05, 3.63) is 0 Å². The van der Waals surface area contributed by atoms with Gasteiger partial charge < -0.3 is 10.6 Å². The third kappa shape index (κ3) is 8.57. The first-order valence-corrected chi connectivity index (χ1v) is 16.2. The standard InChI is InChI=1S/C32H56N2O2/c35-31(29-20-19-27(29)25-15-11-9-5-6-10-12-16-25)23-34-32(36)24-33-30-22-21-28(30)26-17-13-7-3-1-2-4-8-14-18-26/h25-30,33H,1-24H2,(H,34,36). The monoisotopic (exact) mass is 500 g/mol. The minimum absolute atomic E-state index is 0.00903. The smallest absolute Gasteiger partial charge is 0.234 e. The van der Waals surface area contributed by atoms with Crippen LogP contribution in [-0.2, 0) is 9.59 Å². The van der Waals surface area contributed by atoms with Crippen LogP contribution in [0.3, 0.4) is 0 Å². The van der Waals surface area contributed by atoms with Gasteiger partial charge in [0.2, 0.25) is 5.91 Å². The van der Waals surface area contributed by atoms with E-state index in [4.69, 9.17) is 0 Å². The molecule has 0 aliphatic heterocycles. The summed E-state index contributed by atoms with van der Waals surface area (Å²) in [5.41, 5.74) is 0. The first kappa shape index (κ1) is 28.1. The fourth-order valence-corrected chi connectivity index (χ4v) is 7.98. The molecule has 4 saturated carbocycles. The van der Waals surface area contributed by atoms with Crippen molar-refractivity contribution in [3.8, 4) is 0 Å². The molecule has 0 aromatic rings. The average Bonchev–Trinajstić information content (AvgIpc) is 2.91. The van der Waals surface area contributed by atoms with Crippen LogP contribution in [0.5, 0.6) is 0 Å². The molecule has 0 spiro atoms. The minimum atomic E-state index is 0.00903. The summed E-state index contributed by atoms with van der Waals surface area (Å²) >= 11 is 0. The van der Waals surface area contributed by atoms with Gasteiger partial charge in [-0.25, -0.2) is 0 Å². The van der Waals surface area contributed by atoms with Crippen LogP contribution in [0.1, 0.15) is 141 Å². The molecule has 0 heterocycles. The second kappa shape index (κ2) is 15.5. The van der Waals surface area contributed by atoms with Gasteiger partial charge in [0.15, 0.2) is 5.78 Å². The Bertz CT molecular complexity index is 643. The van der Waals surface area contributed by atoms with E-state index in [2.05, 4.69) is 10.6 Å². The van der Waals surface area contributed by atoms with Crippen LogP contribution in [-0.4, -0.2) is 30.8 Å². The van der Waals surface area contributed by atoms with Gasteiger partial charge >= 0.3 is 0 Å². The summed E-state index contributed by atoms with van der Waals surface area (Å²) < 4.78 is 0. The first-order chi connectivity index (χ1) is 17.7. The SMILES string of the molecule is O=C(CNC1CCC1C1CCCCCCCCCC1)NCC(=O)C1CCC1C1CCCCCCCC1. The van der Waals surface area contributed by atoms with Crippen LogP contribution in [0.15, 0.2) is 0 Å². The maximum absolute atomic E-state index is 13.0. The summed E-state index contributed by atoms with van der Waals surface area (Å²) in [4.78, 5) is 25.6. The predicted molar refractivity (Wildman–Crippen MR) is 149 cm³/mol. The third-order valence-corrected chi connectivity index (χ3v) is 10.6. The van der Waals surface area contributed by atoms with Gasteiger partial charge in [-0.3, -0.25) is 9.59 Å². The first-order valence-electron chi connectivity index (χ1n) is 16.2. The lowest BCUT2D eigenvalue weighted by molar-refractivity contribution is -0.131. The highest BCUT2D eigenvalue weighted by molar-refractivity contribution is 5.88. The number of nitrogens with one attached hydrogen (secondary N) is 2. The highest BCUT2D eigenvalue weighted by Gasteiger charge is 2.40. The fourth-order valence-electron chi connectivity index (χ4n) is 7.98. The molecule has 0 radical (unpaired) electrons. The van der Waals surface area contributed by atoms with Crippen molar-refractivity contribution < 1.29 is 9.59 Å². The van der Waals surface area contributed by atoms with Gasteiger partial charge in [-0.2, -0.15) is 0 Å². The van der Waals surface area contributed by atoms with E-state index in [-0.39, 0.29) is 18.4 Å². The summed E-state index contributed by atoms with van der Waals surface area (Å²) in [6.45, 7) is 0.614. The molecule has 4 heteroatoms. The van der Waals surface area contributed by atoms with Gasteiger partial charge in [0.25, 0.3) is 0 Å². The number of hydrogen-bond donors (Lipinski definition) is 2. The molecule has 4 atom stereocenters. The van der Waals surface area contributed by atoms with Crippen molar-refractivity contribution in [1.29, 1.82) is 0 Å². The number of carbonyl (C=O) groups is 2. The molecule has 0 aromatic heterocycles. The van der Waals surface area contributed by atoms with Crippen LogP contribution in [0.25, 0.3) is 0 Å². The van der Waals surface area contributed by atoms with Crippen molar-refractivity contribution in [3.63, 3.8) is 0 Å². The van der Waals surface area contributed by atoms with E-state index in [0.29, 0.717) is 24.3 Å². The molecule has 2 N–H and O–H groups in total. The Balaban J connectivity index is 1.14. The van der Waals surface area contributed by atoms with Crippen LogP contribution in [0.4, 0.5) is 0 Å². The van der Waals surface area contributed by atoms with Crippen molar-refractivity contribution in [2.24, 2.45) is 29.6 Å². The summed E-state index contributed by atoms with van der Waals surface area (Å²) in [5.74, 6) is 3.42. The van der Waals surface area contributed by atoms with Gasteiger partial charge in [0.05, 0.1) is 13.1 Å². The van der Waals surface area contributed by atoms with Crippen molar-refractivity contribution in [1.82, 2.24) is 10.6 Å². The van der Waals surface area contributed by atoms with E-state index in [1.807, 2.05) is 0 Å². The fraction of sp³-hybridized carbons (Fsp3) is 0.938. The van der Waals surface area contributed by atoms with Crippen LogP contribution >= 0.6 is 0 Å². The van der Waals surface area contributed by atoms with E-state index in [9.17, 15) is 9.59 Å². The molecule has 4 nitrogen and oxygen atoms in total. The topological polar surface area (TPSA) is 58.2 Å². The Hall–Kier alpha value is -0.900. The Labute approximate surface area is 221 Å². The largest absolute Gasteiger partial charge is 0.348 e. The molecule has 4 rings (SSSR count). The van der Waals surface area contributed by atoms with E-state index in [0.717, 1.165) is 24.2 Å². The lowest BCUT2D eigenvalue weighted by Gasteiger charge is -2.43. The Morgan fingerprint density at radius 1 is 0.500 bits per heavy atom. The number of rotatable bonds is 8. The molecule has 206 valence electrons. The van der Waals surface area contributed by atoms with Gasteiger partial charge in [-0.1, -0.05) is 116 Å². The van der Waals surface area contributed by atoms with Crippen molar-refractivity contribution >= 4 is 11.7 Å². The van der Waals surface area contributed by atoms with E-state index in [1.54, 1.807) is 0 Å². The molecular weight excluding hydrogens is 444 g/mol. The second-order valence-electron chi connectivity index (χ2n) is 12.9. The summed E-state index contributed by atoms with van der Waals surface area (Å²) in [7, 11) is 0. The Kier molecular flexibility index (Phi) is 12.1. The molecule has 36 heavy (non-hydrogen) atoms. The van der Waals surface area contributed by atoms with E-state index >= 15 is 0 Å². The Morgan fingerprint density at radius 2 is 0.972 bits per heavy atom. The van der Waals surface area contributed by atoms with E-state index in [1.165, 1.54) is 135 Å². The minimum Gasteiger partial charge on any atom is -0.348 e. The molecule has 0 aromatic carbocycles. The molecule has 4 aliphatic carbocycles. The molecular formula is C32H56N2O2. The quantitative estimate of drug-likeness (QED) is 0.366. The van der Waals surface area contributed by atoms with E-state index < -0.39 is 0 Å². The summed E-state index contributed by atoms with van der Waals surface area (Å²) in [6.07, 6.45) is 29.7. The lowest BCUT2D eigenvalue weighted by atomic mass is 9.63. The van der Waals surface area contributed by atoms with Gasteiger partial charge in [-0.15, -0.1) is 0 Å². The highest BCUT2D eigenvalue weighted by Crippen LogP contribution is 2.44. The number of hydrogen-bond acceptors (Lipinski definition) is 3. The summed E-state index contributed by atoms with van der Waals surface area (Å²) in [5, 5.41) is 6.55.